The van der Waals surface area contributed by atoms with Crippen LogP contribution in [0.3, 0.4) is 0 Å². The molecule has 0 saturated heterocycles. The van der Waals surface area contributed by atoms with Crippen LogP contribution < -0.4 is 0 Å². The number of carbonyl (C=O) groups excluding carboxylic acids is 1. The molecule has 3 nitrogen and oxygen atoms in total. The molecule has 0 heterocycles. The van der Waals surface area contributed by atoms with Crippen LogP contribution >= 0.6 is 0 Å². The molecule has 1 fully saturated rings. The molecule has 1 atom stereocenters. The summed E-state index contributed by atoms with van der Waals surface area (Å²) in [4.78, 5) is 16.4. The van der Waals surface area contributed by atoms with Crippen LogP contribution in [0.4, 0.5) is 8.78 Å². The number of nitrogens with zero attached hydrogens (tertiary/aromatic N) is 2. The van der Waals surface area contributed by atoms with Gasteiger partial charge in [0, 0.05) is 13.1 Å². The summed E-state index contributed by atoms with van der Waals surface area (Å²) in [6.07, 6.45) is 4.78. The number of benzene rings is 1. The van der Waals surface area contributed by atoms with Gasteiger partial charge in [-0.1, -0.05) is 25.8 Å². The lowest BCUT2D eigenvalue weighted by molar-refractivity contribution is -0.133. The third-order valence-electron chi connectivity index (χ3n) is 4.99. The zero-order valence-electron chi connectivity index (χ0n) is 14.2. The average molecular weight is 324 g/mol. The van der Waals surface area contributed by atoms with Crippen LogP contribution in [0.25, 0.3) is 0 Å². The van der Waals surface area contributed by atoms with Crippen molar-refractivity contribution < 1.29 is 13.6 Å². The van der Waals surface area contributed by atoms with Crippen LogP contribution in [0.15, 0.2) is 18.2 Å². The van der Waals surface area contributed by atoms with Crippen molar-refractivity contribution in [2.24, 2.45) is 0 Å². The van der Waals surface area contributed by atoms with E-state index in [1.165, 1.54) is 25.0 Å². The molecule has 1 aromatic carbocycles. The highest BCUT2D eigenvalue weighted by molar-refractivity contribution is 5.78. The van der Waals surface area contributed by atoms with Crippen molar-refractivity contribution in [1.29, 1.82) is 0 Å². The molecule has 0 bridgehead atoms. The average Bonchev–Trinajstić information content (AvgIpc) is 3.07. The molecule has 0 radical (unpaired) electrons. The minimum Gasteiger partial charge on any atom is -0.338 e. The largest absolute Gasteiger partial charge is 0.338 e. The zero-order valence-corrected chi connectivity index (χ0v) is 14.2. The quantitative estimate of drug-likeness (QED) is 0.796. The first-order chi connectivity index (χ1) is 10.9. The minimum atomic E-state index is -0.878. The molecule has 1 aliphatic carbocycles. The molecule has 0 aliphatic heterocycles. The smallest absolute Gasteiger partial charge is 0.237 e. The molecule has 0 aromatic heterocycles. The van der Waals surface area contributed by atoms with E-state index in [4.69, 9.17) is 0 Å². The molecule has 0 N–H and O–H groups in total. The molecule has 23 heavy (non-hydrogen) atoms. The van der Waals surface area contributed by atoms with E-state index in [1.54, 1.807) is 11.9 Å². The minimum absolute atomic E-state index is 0.0102. The van der Waals surface area contributed by atoms with Crippen molar-refractivity contribution >= 4 is 5.91 Å². The van der Waals surface area contributed by atoms with Gasteiger partial charge in [-0.2, -0.15) is 0 Å². The second-order valence-corrected chi connectivity index (χ2v) is 6.36. The van der Waals surface area contributed by atoms with Crippen molar-refractivity contribution in [2.45, 2.75) is 51.6 Å². The van der Waals surface area contributed by atoms with Crippen molar-refractivity contribution in [1.82, 2.24) is 9.80 Å². The van der Waals surface area contributed by atoms with Gasteiger partial charge in [-0.15, -0.1) is 0 Å². The summed E-state index contributed by atoms with van der Waals surface area (Å²) in [6, 6.07) is 4.01. The van der Waals surface area contributed by atoms with Gasteiger partial charge in [-0.3, -0.25) is 9.69 Å². The highest BCUT2D eigenvalue weighted by atomic mass is 19.2. The van der Waals surface area contributed by atoms with Crippen molar-refractivity contribution in [3.63, 3.8) is 0 Å². The van der Waals surface area contributed by atoms with Gasteiger partial charge in [0.2, 0.25) is 5.91 Å². The molecule has 1 unspecified atom stereocenters. The Balaban J connectivity index is 2.01. The van der Waals surface area contributed by atoms with Gasteiger partial charge in [0.25, 0.3) is 0 Å². The maximum Gasteiger partial charge on any atom is 0.237 e. The fraction of sp³-hybridized carbons (Fsp3) is 0.611. The van der Waals surface area contributed by atoms with E-state index in [0.29, 0.717) is 18.2 Å². The molecule has 1 saturated carbocycles. The van der Waals surface area contributed by atoms with Crippen LogP contribution in [-0.2, 0) is 4.79 Å². The highest BCUT2D eigenvalue weighted by Crippen LogP contribution is 2.24. The van der Waals surface area contributed by atoms with Gasteiger partial charge in [0.15, 0.2) is 11.6 Å². The second-order valence-electron chi connectivity index (χ2n) is 6.36. The van der Waals surface area contributed by atoms with Crippen molar-refractivity contribution in [3.05, 3.63) is 35.4 Å². The van der Waals surface area contributed by atoms with Crippen molar-refractivity contribution in [2.75, 3.05) is 20.1 Å². The SMILES string of the molecule is CCN(CC(=O)N(C)C(C)c1ccc(F)c(F)c1)C1CCCC1. The van der Waals surface area contributed by atoms with Crippen LogP contribution in [0.1, 0.15) is 51.1 Å². The maximum atomic E-state index is 13.4. The van der Waals surface area contributed by atoms with E-state index in [9.17, 15) is 13.6 Å². The first-order valence-electron chi connectivity index (χ1n) is 8.38. The van der Waals surface area contributed by atoms with E-state index in [1.807, 2.05) is 6.92 Å². The Hall–Kier alpha value is -1.49. The van der Waals surface area contributed by atoms with E-state index < -0.39 is 11.6 Å². The van der Waals surface area contributed by atoms with E-state index in [0.717, 1.165) is 25.5 Å². The molecule has 2 rings (SSSR count). The topological polar surface area (TPSA) is 23.6 Å². The maximum absolute atomic E-state index is 13.4. The molecular formula is C18H26F2N2O. The standard InChI is InChI=1S/C18H26F2N2O/c1-4-22(15-7-5-6-8-15)12-18(23)21(3)13(2)14-9-10-16(19)17(20)11-14/h9-11,13,15H,4-8,12H2,1-3H3. The van der Waals surface area contributed by atoms with Crippen LogP contribution in [0, 0.1) is 11.6 Å². The van der Waals surface area contributed by atoms with Gasteiger partial charge in [-0.05, 0) is 44.0 Å². The normalized spacial score (nSPS) is 16.8. The third kappa shape index (κ3) is 4.28. The lowest BCUT2D eigenvalue weighted by atomic mass is 10.1. The second kappa shape index (κ2) is 7.86. The predicted octanol–water partition coefficient (Wildman–Crippen LogP) is 3.75. The Morgan fingerprint density at radius 1 is 1.26 bits per heavy atom. The van der Waals surface area contributed by atoms with E-state index >= 15 is 0 Å². The monoisotopic (exact) mass is 324 g/mol. The number of carbonyl (C=O) groups is 1. The Morgan fingerprint density at radius 3 is 2.48 bits per heavy atom. The highest BCUT2D eigenvalue weighted by Gasteiger charge is 2.26. The lowest BCUT2D eigenvalue weighted by Crippen LogP contribution is -2.43. The summed E-state index contributed by atoms with van der Waals surface area (Å²) in [5, 5.41) is 0. The molecule has 5 heteroatoms. The van der Waals surface area contributed by atoms with Gasteiger partial charge < -0.3 is 4.90 Å². The molecule has 1 aliphatic rings. The van der Waals surface area contributed by atoms with E-state index in [2.05, 4.69) is 11.8 Å². The molecular weight excluding hydrogens is 298 g/mol. The zero-order chi connectivity index (χ0) is 17.0. The van der Waals surface area contributed by atoms with E-state index in [-0.39, 0.29) is 11.9 Å². The number of hydrogen-bond donors (Lipinski definition) is 0. The van der Waals surface area contributed by atoms with Gasteiger partial charge >= 0.3 is 0 Å². The first kappa shape index (κ1) is 17.9. The molecule has 1 amide bonds. The predicted molar refractivity (Wildman–Crippen MR) is 87.0 cm³/mol. The van der Waals surface area contributed by atoms with Crippen molar-refractivity contribution in [3.8, 4) is 0 Å². The molecule has 0 spiro atoms. The third-order valence-corrected chi connectivity index (χ3v) is 4.99. The molecule has 128 valence electrons. The Labute approximate surface area is 137 Å². The Bertz CT molecular complexity index is 544. The summed E-state index contributed by atoms with van der Waals surface area (Å²) in [6.45, 7) is 5.14. The summed E-state index contributed by atoms with van der Waals surface area (Å²) in [5.74, 6) is -1.74. The van der Waals surface area contributed by atoms with Crippen LogP contribution in [0.2, 0.25) is 0 Å². The summed E-state index contributed by atoms with van der Waals surface area (Å²) in [5.41, 5.74) is 0.601. The van der Waals surface area contributed by atoms with Gasteiger partial charge in [0.1, 0.15) is 0 Å². The number of hydrogen-bond acceptors (Lipinski definition) is 2. The first-order valence-corrected chi connectivity index (χ1v) is 8.38. The number of amides is 1. The fourth-order valence-corrected chi connectivity index (χ4v) is 3.27. The fourth-order valence-electron chi connectivity index (χ4n) is 3.27. The summed E-state index contributed by atoms with van der Waals surface area (Å²) < 4.78 is 26.4. The summed E-state index contributed by atoms with van der Waals surface area (Å²) in [7, 11) is 1.72. The number of rotatable bonds is 6. The number of likely N-dealkylation sites (N-methyl/N-ethyl adjacent to an activating group) is 2. The Kier molecular flexibility index (Phi) is 6.10. The molecule has 1 aromatic rings. The number of halogens is 2. The van der Waals surface area contributed by atoms with Gasteiger partial charge in [0.05, 0.1) is 12.6 Å². The van der Waals surface area contributed by atoms with Gasteiger partial charge in [-0.25, -0.2) is 8.78 Å². The Morgan fingerprint density at radius 2 is 1.91 bits per heavy atom. The summed E-state index contributed by atoms with van der Waals surface area (Å²) >= 11 is 0. The van der Waals surface area contributed by atoms with Crippen LogP contribution in [0.5, 0.6) is 0 Å². The lowest BCUT2D eigenvalue weighted by Gasteiger charge is -2.31. The van der Waals surface area contributed by atoms with Crippen LogP contribution in [-0.4, -0.2) is 41.9 Å².